The molecule has 0 N–H and O–H groups in total. The summed E-state index contributed by atoms with van der Waals surface area (Å²) in [5.41, 5.74) is 2.60. The predicted octanol–water partition coefficient (Wildman–Crippen LogP) is 3.03. The van der Waals surface area contributed by atoms with E-state index in [1.54, 1.807) is 7.11 Å². The summed E-state index contributed by atoms with van der Waals surface area (Å²) in [5.74, 6) is 0.530. The third-order valence-electron chi connectivity index (χ3n) is 3.12. The van der Waals surface area contributed by atoms with E-state index in [2.05, 4.69) is 0 Å². The molecule has 1 aromatic heterocycles. The maximum atomic E-state index is 12.0. The summed E-state index contributed by atoms with van der Waals surface area (Å²) < 4.78 is 12.2. The van der Waals surface area contributed by atoms with Gasteiger partial charge in [0, 0.05) is 12.7 Å². The largest absolute Gasteiger partial charge is 0.497 e. The van der Waals surface area contributed by atoms with Gasteiger partial charge in [0.05, 0.1) is 13.7 Å². The van der Waals surface area contributed by atoms with E-state index in [1.165, 1.54) is 0 Å². The van der Waals surface area contributed by atoms with Crippen LogP contribution in [0.5, 0.6) is 5.75 Å². The molecule has 0 fully saturated rings. The average Bonchev–Trinajstić information content (AvgIpc) is 2.80. The van der Waals surface area contributed by atoms with Crippen LogP contribution < -0.4 is 4.74 Å². The number of hydrogen-bond acceptors (Lipinski definition) is 3. The van der Waals surface area contributed by atoms with Crippen molar-refractivity contribution in [1.82, 2.24) is 4.57 Å². The average molecular weight is 273 g/mol. The maximum Gasteiger partial charge on any atom is 0.355 e. The van der Waals surface area contributed by atoms with E-state index in [4.69, 9.17) is 9.47 Å². The molecule has 2 aromatic rings. The second kappa shape index (κ2) is 6.28. The molecule has 0 unspecified atom stereocenters. The molecule has 20 heavy (non-hydrogen) atoms. The third kappa shape index (κ3) is 3.02. The lowest BCUT2D eigenvalue weighted by atomic mass is 10.2. The lowest BCUT2D eigenvalue weighted by molar-refractivity contribution is 0.0513. The number of hydrogen-bond donors (Lipinski definition) is 0. The van der Waals surface area contributed by atoms with Gasteiger partial charge in [-0.3, -0.25) is 0 Å². The molecule has 4 heteroatoms. The maximum absolute atomic E-state index is 12.0. The smallest absolute Gasteiger partial charge is 0.355 e. The third-order valence-corrected chi connectivity index (χ3v) is 3.12. The van der Waals surface area contributed by atoms with Crippen molar-refractivity contribution in [3.8, 4) is 5.75 Å². The monoisotopic (exact) mass is 273 g/mol. The van der Waals surface area contributed by atoms with Gasteiger partial charge in [-0.05, 0) is 43.2 Å². The first-order chi connectivity index (χ1) is 9.65. The molecule has 0 saturated carbocycles. The van der Waals surface area contributed by atoms with Gasteiger partial charge in [-0.25, -0.2) is 4.79 Å². The van der Waals surface area contributed by atoms with E-state index in [1.807, 2.05) is 54.9 Å². The van der Waals surface area contributed by atoms with Crippen molar-refractivity contribution in [3.05, 3.63) is 53.3 Å². The predicted molar refractivity (Wildman–Crippen MR) is 77.2 cm³/mol. The van der Waals surface area contributed by atoms with Crippen LogP contribution in [-0.2, 0) is 11.3 Å². The Labute approximate surface area is 118 Å². The van der Waals surface area contributed by atoms with Crippen LogP contribution in [-0.4, -0.2) is 24.3 Å². The van der Waals surface area contributed by atoms with E-state index in [0.717, 1.165) is 16.9 Å². The summed E-state index contributed by atoms with van der Waals surface area (Å²) in [6.07, 6.45) is 1.90. The summed E-state index contributed by atoms with van der Waals surface area (Å²) in [6, 6.07) is 9.73. The van der Waals surface area contributed by atoms with E-state index in [-0.39, 0.29) is 5.97 Å². The normalized spacial score (nSPS) is 10.3. The van der Waals surface area contributed by atoms with Gasteiger partial charge in [0.15, 0.2) is 0 Å². The fourth-order valence-electron chi connectivity index (χ4n) is 2.16. The molecule has 0 amide bonds. The molecule has 0 radical (unpaired) electrons. The summed E-state index contributed by atoms with van der Waals surface area (Å²) in [4.78, 5) is 12.0. The van der Waals surface area contributed by atoms with Gasteiger partial charge in [-0.2, -0.15) is 0 Å². The summed E-state index contributed by atoms with van der Waals surface area (Å²) in [7, 11) is 1.64. The van der Waals surface area contributed by atoms with Crippen molar-refractivity contribution >= 4 is 5.97 Å². The molecule has 0 bridgehead atoms. The molecule has 1 aromatic carbocycles. The van der Waals surface area contributed by atoms with Gasteiger partial charge in [-0.1, -0.05) is 12.1 Å². The number of esters is 1. The molecule has 0 spiro atoms. The number of methoxy groups -OCH3 is 1. The van der Waals surface area contributed by atoms with Gasteiger partial charge in [0.25, 0.3) is 0 Å². The molecule has 0 aliphatic carbocycles. The van der Waals surface area contributed by atoms with Crippen LogP contribution in [0.4, 0.5) is 0 Å². The SMILES string of the molecule is CCOC(=O)c1c(C)ccn1Cc1cccc(OC)c1. The van der Waals surface area contributed by atoms with Crippen LogP contribution in [0.3, 0.4) is 0 Å². The summed E-state index contributed by atoms with van der Waals surface area (Å²) >= 11 is 0. The molecule has 106 valence electrons. The Bertz CT molecular complexity index is 602. The molecule has 1 heterocycles. The highest BCUT2D eigenvalue weighted by Gasteiger charge is 2.15. The number of aromatic nitrogens is 1. The first-order valence-corrected chi connectivity index (χ1v) is 6.61. The van der Waals surface area contributed by atoms with E-state index in [9.17, 15) is 4.79 Å². The Morgan fingerprint density at radius 2 is 2.10 bits per heavy atom. The van der Waals surface area contributed by atoms with Crippen LogP contribution in [0.2, 0.25) is 0 Å². The Kier molecular flexibility index (Phi) is 4.45. The van der Waals surface area contributed by atoms with Crippen molar-refractivity contribution in [3.63, 3.8) is 0 Å². The van der Waals surface area contributed by atoms with Gasteiger partial charge < -0.3 is 14.0 Å². The number of benzene rings is 1. The highest BCUT2D eigenvalue weighted by atomic mass is 16.5. The zero-order valence-electron chi connectivity index (χ0n) is 12.1. The highest BCUT2D eigenvalue weighted by molar-refractivity contribution is 5.89. The molecular formula is C16H19NO3. The zero-order valence-corrected chi connectivity index (χ0v) is 12.1. The lowest BCUT2D eigenvalue weighted by Gasteiger charge is -2.10. The molecule has 0 saturated heterocycles. The summed E-state index contributed by atoms with van der Waals surface area (Å²) in [6.45, 7) is 4.71. The van der Waals surface area contributed by atoms with Crippen LogP contribution in [0.1, 0.15) is 28.5 Å². The van der Waals surface area contributed by atoms with Crippen LogP contribution >= 0.6 is 0 Å². The Morgan fingerprint density at radius 1 is 1.30 bits per heavy atom. The minimum Gasteiger partial charge on any atom is -0.497 e. The topological polar surface area (TPSA) is 40.5 Å². The Morgan fingerprint density at radius 3 is 2.80 bits per heavy atom. The Hall–Kier alpha value is -2.23. The minimum absolute atomic E-state index is 0.280. The van der Waals surface area contributed by atoms with Crippen molar-refractivity contribution in [1.29, 1.82) is 0 Å². The number of nitrogens with zero attached hydrogens (tertiary/aromatic N) is 1. The van der Waals surface area contributed by atoms with Crippen molar-refractivity contribution in [2.24, 2.45) is 0 Å². The molecule has 0 atom stereocenters. The fraction of sp³-hybridized carbons (Fsp3) is 0.312. The second-order valence-electron chi connectivity index (χ2n) is 4.55. The van der Waals surface area contributed by atoms with Crippen LogP contribution in [0.25, 0.3) is 0 Å². The number of ether oxygens (including phenoxy) is 2. The summed E-state index contributed by atoms with van der Waals surface area (Å²) in [5, 5.41) is 0. The van der Waals surface area contributed by atoms with Gasteiger partial charge in [0.1, 0.15) is 11.4 Å². The number of carbonyl (C=O) groups excluding carboxylic acids is 1. The van der Waals surface area contributed by atoms with Crippen molar-refractivity contribution in [2.75, 3.05) is 13.7 Å². The number of aryl methyl sites for hydroxylation is 1. The molecule has 2 rings (SSSR count). The van der Waals surface area contributed by atoms with E-state index < -0.39 is 0 Å². The zero-order chi connectivity index (χ0) is 14.5. The number of rotatable bonds is 5. The highest BCUT2D eigenvalue weighted by Crippen LogP contribution is 2.17. The molecule has 0 aliphatic heterocycles. The standard InChI is InChI=1S/C16H19NO3/c1-4-20-16(18)15-12(2)8-9-17(15)11-13-6-5-7-14(10-13)19-3/h5-10H,4,11H2,1-3H3. The fourth-order valence-corrected chi connectivity index (χ4v) is 2.16. The minimum atomic E-state index is -0.280. The van der Waals surface area contributed by atoms with Crippen LogP contribution in [0.15, 0.2) is 36.5 Å². The van der Waals surface area contributed by atoms with Crippen LogP contribution in [0, 0.1) is 6.92 Å². The first kappa shape index (κ1) is 14.2. The molecule has 0 aliphatic rings. The number of carbonyl (C=O) groups is 1. The van der Waals surface area contributed by atoms with Gasteiger partial charge >= 0.3 is 5.97 Å². The van der Waals surface area contributed by atoms with Gasteiger partial charge in [-0.15, -0.1) is 0 Å². The Balaban J connectivity index is 2.27. The van der Waals surface area contributed by atoms with Crippen molar-refractivity contribution < 1.29 is 14.3 Å². The lowest BCUT2D eigenvalue weighted by Crippen LogP contribution is -2.13. The quantitative estimate of drug-likeness (QED) is 0.786. The van der Waals surface area contributed by atoms with Crippen molar-refractivity contribution in [2.45, 2.75) is 20.4 Å². The second-order valence-corrected chi connectivity index (χ2v) is 4.55. The van der Waals surface area contributed by atoms with Gasteiger partial charge in [0.2, 0.25) is 0 Å². The molecule has 4 nitrogen and oxygen atoms in total. The van der Waals surface area contributed by atoms with E-state index in [0.29, 0.717) is 18.8 Å². The van der Waals surface area contributed by atoms with E-state index >= 15 is 0 Å². The first-order valence-electron chi connectivity index (χ1n) is 6.61. The molecular weight excluding hydrogens is 254 g/mol.